The van der Waals surface area contributed by atoms with Gasteiger partial charge in [-0.2, -0.15) is 8.42 Å². The Morgan fingerprint density at radius 3 is 1.40 bits per heavy atom. The van der Waals surface area contributed by atoms with Gasteiger partial charge in [0.1, 0.15) is 0 Å². The Labute approximate surface area is 93.0 Å². The summed E-state index contributed by atoms with van der Waals surface area (Å²) >= 11 is 0. The fourth-order valence-corrected chi connectivity index (χ4v) is 3.18. The predicted octanol–water partition coefficient (Wildman–Crippen LogP) is 3.16. The van der Waals surface area contributed by atoms with E-state index in [1.165, 1.54) is 25.7 Å². The van der Waals surface area contributed by atoms with Crippen molar-refractivity contribution in [1.29, 1.82) is 0 Å². The van der Waals surface area contributed by atoms with Crippen molar-refractivity contribution in [2.45, 2.75) is 69.5 Å². The molecule has 0 unspecified atom stereocenters. The van der Waals surface area contributed by atoms with E-state index in [1.54, 1.807) is 0 Å². The highest BCUT2D eigenvalue weighted by Crippen LogP contribution is 2.20. The maximum absolute atomic E-state index is 11.1. The third-order valence-corrected chi connectivity index (χ3v) is 4.54. The van der Waals surface area contributed by atoms with E-state index in [4.69, 9.17) is 4.55 Å². The van der Waals surface area contributed by atoms with Gasteiger partial charge in [-0.1, -0.05) is 51.4 Å². The van der Waals surface area contributed by atoms with Gasteiger partial charge in [-0.25, -0.2) is 0 Å². The molecule has 4 heteroatoms. The molecule has 1 aliphatic carbocycles. The first-order valence-electron chi connectivity index (χ1n) is 6.07. The third-order valence-electron chi connectivity index (χ3n) is 3.22. The zero-order valence-electron chi connectivity index (χ0n) is 9.32. The molecule has 1 rings (SSSR count). The first-order chi connectivity index (χ1) is 7.11. The zero-order valence-corrected chi connectivity index (χ0v) is 10.1. The molecule has 0 radical (unpaired) electrons. The van der Waals surface area contributed by atoms with E-state index in [1.807, 2.05) is 0 Å². The van der Waals surface area contributed by atoms with Gasteiger partial charge in [-0.15, -0.1) is 0 Å². The molecule has 15 heavy (non-hydrogen) atoms. The molecule has 3 nitrogen and oxygen atoms in total. The van der Waals surface area contributed by atoms with E-state index in [0.717, 1.165) is 25.7 Å². The Kier molecular flexibility index (Phi) is 5.61. The Balaban J connectivity index is 2.46. The van der Waals surface area contributed by atoms with Crippen LogP contribution in [0.4, 0.5) is 0 Å². The summed E-state index contributed by atoms with van der Waals surface area (Å²) in [7, 11) is -3.81. The van der Waals surface area contributed by atoms with Gasteiger partial charge >= 0.3 is 0 Å². The van der Waals surface area contributed by atoms with Gasteiger partial charge in [0.05, 0.1) is 5.25 Å². The summed E-state index contributed by atoms with van der Waals surface area (Å²) in [6.07, 6.45) is 10.3. The predicted molar refractivity (Wildman–Crippen MR) is 61.5 cm³/mol. The molecule has 0 aromatic rings. The van der Waals surface area contributed by atoms with Gasteiger partial charge in [0.2, 0.25) is 0 Å². The van der Waals surface area contributed by atoms with Gasteiger partial charge in [0.25, 0.3) is 10.1 Å². The Bertz CT molecular complexity index is 247. The Morgan fingerprint density at radius 2 is 1.07 bits per heavy atom. The lowest BCUT2D eigenvalue weighted by molar-refractivity contribution is 0.447. The van der Waals surface area contributed by atoms with E-state index in [2.05, 4.69) is 0 Å². The van der Waals surface area contributed by atoms with Crippen LogP contribution in [0, 0.1) is 0 Å². The van der Waals surface area contributed by atoms with Gasteiger partial charge < -0.3 is 0 Å². The van der Waals surface area contributed by atoms with Crippen LogP contribution in [0.2, 0.25) is 0 Å². The fourth-order valence-electron chi connectivity index (χ4n) is 2.25. The van der Waals surface area contributed by atoms with E-state index in [0.29, 0.717) is 12.8 Å². The average Bonchev–Trinajstić information content (AvgIpc) is 2.20. The van der Waals surface area contributed by atoms with Crippen LogP contribution in [0.3, 0.4) is 0 Å². The Hall–Kier alpha value is -0.0900. The lowest BCUT2D eigenvalue weighted by atomic mass is 10.1. The van der Waals surface area contributed by atoms with Crippen LogP contribution in [0.5, 0.6) is 0 Å². The largest absolute Gasteiger partial charge is 0.285 e. The molecule has 1 N–H and O–H groups in total. The molecule has 0 aromatic heterocycles. The normalized spacial score (nSPS) is 23.3. The minimum absolute atomic E-state index is 0.504. The molecule has 0 aliphatic heterocycles. The van der Waals surface area contributed by atoms with E-state index < -0.39 is 15.4 Å². The average molecular weight is 234 g/mol. The molecule has 0 spiro atoms. The van der Waals surface area contributed by atoms with Crippen molar-refractivity contribution in [2.24, 2.45) is 0 Å². The first kappa shape index (κ1) is 13.0. The molecule has 1 saturated carbocycles. The SMILES string of the molecule is O=S(=O)(O)C1CCCCCCCCCC1. The second-order valence-corrected chi connectivity index (χ2v) is 6.24. The van der Waals surface area contributed by atoms with Gasteiger partial charge in [-0.3, -0.25) is 4.55 Å². The first-order valence-corrected chi connectivity index (χ1v) is 7.57. The quantitative estimate of drug-likeness (QED) is 0.709. The molecule has 1 fully saturated rings. The molecule has 1 aliphatic rings. The summed E-state index contributed by atoms with van der Waals surface area (Å²) in [5.74, 6) is 0. The van der Waals surface area contributed by atoms with E-state index in [-0.39, 0.29) is 0 Å². The van der Waals surface area contributed by atoms with E-state index >= 15 is 0 Å². The summed E-state index contributed by atoms with van der Waals surface area (Å²) < 4.78 is 31.2. The second kappa shape index (κ2) is 6.48. The van der Waals surface area contributed by atoms with Gasteiger partial charge in [0, 0.05) is 0 Å². The van der Waals surface area contributed by atoms with Crippen LogP contribution >= 0.6 is 0 Å². The summed E-state index contributed by atoms with van der Waals surface area (Å²) in [5.41, 5.74) is 0. The minimum Gasteiger partial charge on any atom is -0.285 e. The van der Waals surface area contributed by atoms with Gasteiger partial charge in [-0.05, 0) is 12.8 Å². The summed E-state index contributed by atoms with van der Waals surface area (Å²) in [5, 5.41) is -0.504. The smallest absolute Gasteiger partial charge is 0.267 e. The lowest BCUT2D eigenvalue weighted by Crippen LogP contribution is -2.20. The molecular formula is C11H22O3S. The summed E-state index contributed by atoms with van der Waals surface area (Å²) in [4.78, 5) is 0. The lowest BCUT2D eigenvalue weighted by Gasteiger charge is -2.12. The maximum atomic E-state index is 11.1. The second-order valence-electron chi connectivity index (χ2n) is 4.54. The van der Waals surface area contributed by atoms with Gasteiger partial charge in [0.15, 0.2) is 0 Å². The van der Waals surface area contributed by atoms with Crippen molar-refractivity contribution < 1.29 is 13.0 Å². The van der Waals surface area contributed by atoms with Crippen molar-refractivity contribution in [3.63, 3.8) is 0 Å². The highest BCUT2D eigenvalue weighted by Gasteiger charge is 2.21. The standard InChI is InChI=1S/C11H22O3S/c12-15(13,14)11-9-7-5-3-1-2-4-6-8-10-11/h11H,1-10H2,(H,12,13,14). The van der Waals surface area contributed by atoms with Crippen LogP contribution < -0.4 is 0 Å². The molecular weight excluding hydrogens is 212 g/mol. The molecule has 0 saturated heterocycles. The van der Waals surface area contributed by atoms with Crippen molar-refractivity contribution in [2.75, 3.05) is 0 Å². The van der Waals surface area contributed by atoms with Crippen molar-refractivity contribution in [3.8, 4) is 0 Å². The van der Waals surface area contributed by atoms with E-state index in [9.17, 15) is 8.42 Å². The zero-order chi connectivity index (χ0) is 11.1. The maximum Gasteiger partial charge on any atom is 0.267 e. The number of rotatable bonds is 1. The van der Waals surface area contributed by atoms with Crippen molar-refractivity contribution >= 4 is 10.1 Å². The van der Waals surface area contributed by atoms with Crippen LogP contribution in [0.15, 0.2) is 0 Å². The molecule has 0 aromatic carbocycles. The monoisotopic (exact) mass is 234 g/mol. The number of hydrogen-bond acceptors (Lipinski definition) is 2. The van der Waals surface area contributed by atoms with Crippen molar-refractivity contribution in [1.82, 2.24) is 0 Å². The Morgan fingerprint density at radius 1 is 0.733 bits per heavy atom. The molecule has 0 atom stereocenters. The molecule has 0 amide bonds. The fraction of sp³-hybridized carbons (Fsp3) is 1.00. The number of hydrogen-bond donors (Lipinski definition) is 1. The highest BCUT2D eigenvalue weighted by molar-refractivity contribution is 7.86. The minimum atomic E-state index is -3.81. The molecule has 0 bridgehead atoms. The van der Waals surface area contributed by atoms with Crippen LogP contribution in [0.1, 0.15) is 64.2 Å². The third kappa shape index (κ3) is 5.52. The summed E-state index contributed by atoms with van der Waals surface area (Å²) in [6.45, 7) is 0. The van der Waals surface area contributed by atoms with Crippen LogP contribution in [0.25, 0.3) is 0 Å². The highest BCUT2D eigenvalue weighted by atomic mass is 32.2. The molecule has 90 valence electrons. The van der Waals surface area contributed by atoms with Crippen LogP contribution in [-0.2, 0) is 10.1 Å². The van der Waals surface area contributed by atoms with Crippen LogP contribution in [-0.4, -0.2) is 18.2 Å². The summed E-state index contributed by atoms with van der Waals surface area (Å²) in [6, 6.07) is 0. The molecule has 0 heterocycles. The topological polar surface area (TPSA) is 54.4 Å². The van der Waals surface area contributed by atoms with Crippen molar-refractivity contribution in [3.05, 3.63) is 0 Å².